The van der Waals surface area contributed by atoms with E-state index in [0.717, 1.165) is 21.2 Å². The number of hydrogen-bond donors (Lipinski definition) is 2. The molecule has 0 saturated carbocycles. The molecule has 0 aliphatic carbocycles. The summed E-state index contributed by atoms with van der Waals surface area (Å²) >= 11 is 4.53. The van der Waals surface area contributed by atoms with Gasteiger partial charge in [-0.15, -0.1) is 11.3 Å². The van der Waals surface area contributed by atoms with Gasteiger partial charge in [-0.25, -0.2) is 10.2 Å². The summed E-state index contributed by atoms with van der Waals surface area (Å²) in [5.41, 5.74) is 2.56. The fourth-order valence-electron chi connectivity index (χ4n) is 4.13. The predicted molar refractivity (Wildman–Crippen MR) is 152 cm³/mol. The van der Waals surface area contributed by atoms with Crippen LogP contribution in [0.4, 0.5) is 17.1 Å². The van der Waals surface area contributed by atoms with Crippen LogP contribution in [0.25, 0.3) is 6.08 Å². The van der Waals surface area contributed by atoms with E-state index in [1.54, 1.807) is 40.5 Å². The van der Waals surface area contributed by atoms with Crippen molar-refractivity contribution in [3.05, 3.63) is 123 Å². The van der Waals surface area contributed by atoms with E-state index in [2.05, 4.69) is 0 Å². The summed E-state index contributed by atoms with van der Waals surface area (Å²) < 4.78 is -0.983. The topological polar surface area (TPSA) is 83.6 Å². The first-order chi connectivity index (χ1) is 18.0. The number of quaternary nitrogens is 1. The molecule has 2 aliphatic heterocycles. The minimum Gasteiger partial charge on any atom is -0.595 e. The monoisotopic (exact) mass is 544 g/mol. The number of amides is 1. The summed E-state index contributed by atoms with van der Waals surface area (Å²) in [4.78, 5) is 17.4. The van der Waals surface area contributed by atoms with Gasteiger partial charge in [-0.1, -0.05) is 66.4 Å². The first-order valence-corrected chi connectivity index (χ1v) is 13.9. The second-order valence-corrected chi connectivity index (χ2v) is 11.8. The van der Waals surface area contributed by atoms with Crippen LogP contribution < -0.4 is 15.1 Å². The lowest BCUT2D eigenvalue weighted by Gasteiger charge is -2.38. The van der Waals surface area contributed by atoms with Gasteiger partial charge in [0, 0.05) is 17.8 Å². The fourth-order valence-corrected chi connectivity index (χ4v) is 7.91. The first-order valence-electron chi connectivity index (χ1n) is 11.4. The molecule has 1 spiro atoms. The molecule has 184 valence electrons. The average molecular weight is 545 g/mol. The highest BCUT2D eigenvalue weighted by Gasteiger charge is 2.59. The largest absolute Gasteiger partial charge is 0.595 e. The zero-order valence-electron chi connectivity index (χ0n) is 19.2. The summed E-state index contributed by atoms with van der Waals surface area (Å²) in [6.07, 6.45) is 1.91. The van der Waals surface area contributed by atoms with Crippen LogP contribution in [0.2, 0.25) is 0 Å². The second kappa shape index (κ2) is 9.82. The molecule has 3 heterocycles. The Morgan fingerprint density at radius 3 is 2.22 bits per heavy atom. The first kappa shape index (κ1) is 24.0. The average Bonchev–Trinajstić information content (AvgIpc) is 3.64. The van der Waals surface area contributed by atoms with E-state index in [9.17, 15) is 15.2 Å². The molecular formula is C27H20N4O3S3. The Kier molecular flexibility index (Phi) is 6.37. The SMILES string of the molecule is O=C1C(=Cc2ccccc2)S[C@]2(SC(c3cccs3)=NN2c2ccc([NH+]([O-])O)cc2)N1c1ccccc1. The molecule has 1 unspecified atom stereocenters. The van der Waals surface area contributed by atoms with Gasteiger partial charge < -0.3 is 5.21 Å². The Balaban J connectivity index is 1.52. The van der Waals surface area contributed by atoms with Gasteiger partial charge >= 0.3 is 0 Å². The van der Waals surface area contributed by atoms with Gasteiger partial charge in [0.25, 0.3) is 5.91 Å². The number of para-hydroxylation sites is 1. The number of hydrogen-bond acceptors (Lipinski definition) is 8. The summed E-state index contributed by atoms with van der Waals surface area (Å²) in [5, 5.41) is 29.5. The summed E-state index contributed by atoms with van der Waals surface area (Å²) in [6, 6.07) is 29.9. The number of carbonyl (C=O) groups excluding carboxylic acids is 1. The van der Waals surface area contributed by atoms with Crippen molar-refractivity contribution in [1.82, 2.24) is 0 Å². The molecule has 1 aromatic heterocycles. The third kappa shape index (κ3) is 4.37. The van der Waals surface area contributed by atoms with E-state index in [4.69, 9.17) is 5.10 Å². The highest BCUT2D eigenvalue weighted by atomic mass is 32.2. The van der Waals surface area contributed by atoms with Gasteiger partial charge in [0.1, 0.15) is 5.04 Å². The Bertz CT molecular complexity index is 1480. The van der Waals surface area contributed by atoms with Crippen molar-refractivity contribution in [3.63, 3.8) is 0 Å². The van der Waals surface area contributed by atoms with Crippen LogP contribution >= 0.6 is 34.9 Å². The number of anilines is 2. The Morgan fingerprint density at radius 2 is 1.57 bits per heavy atom. The molecule has 3 aromatic carbocycles. The number of benzene rings is 3. The lowest BCUT2D eigenvalue weighted by Crippen LogP contribution is -2.99. The molecule has 1 saturated heterocycles. The molecule has 2 aliphatic rings. The second-order valence-electron chi connectivity index (χ2n) is 8.19. The van der Waals surface area contributed by atoms with Gasteiger partial charge in [0.15, 0.2) is 5.69 Å². The van der Waals surface area contributed by atoms with Crippen LogP contribution in [0.15, 0.2) is 112 Å². The van der Waals surface area contributed by atoms with E-state index in [0.29, 0.717) is 10.6 Å². The van der Waals surface area contributed by atoms with Crippen molar-refractivity contribution < 1.29 is 15.2 Å². The number of rotatable bonds is 5. The van der Waals surface area contributed by atoms with Crippen molar-refractivity contribution >= 4 is 68.9 Å². The zero-order valence-corrected chi connectivity index (χ0v) is 21.7. The van der Waals surface area contributed by atoms with Crippen LogP contribution in [0.3, 0.4) is 0 Å². The summed E-state index contributed by atoms with van der Waals surface area (Å²) in [6.45, 7) is 0. The number of nitrogens with zero attached hydrogens (tertiary/aromatic N) is 3. The smallest absolute Gasteiger partial charge is 0.268 e. The van der Waals surface area contributed by atoms with Gasteiger partial charge in [0.05, 0.1) is 15.5 Å². The van der Waals surface area contributed by atoms with Crippen molar-refractivity contribution in [2.45, 2.75) is 4.33 Å². The van der Waals surface area contributed by atoms with E-state index >= 15 is 0 Å². The molecule has 2 atom stereocenters. The molecule has 6 rings (SSSR count). The lowest BCUT2D eigenvalue weighted by atomic mass is 10.2. The van der Waals surface area contributed by atoms with Crippen LogP contribution in [0, 0.1) is 5.21 Å². The maximum Gasteiger partial charge on any atom is 0.268 e. The zero-order chi connectivity index (χ0) is 25.4. The Labute approximate surface area is 225 Å². The maximum atomic E-state index is 14.1. The van der Waals surface area contributed by atoms with Crippen LogP contribution in [0.1, 0.15) is 10.4 Å². The normalized spacial score (nSPS) is 21.2. The van der Waals surface area contributed by atoms with Crippen LogP contribution in [-0.2, 0) is 4.79 Å². The highest BCUT2D eigenvalue weighted by Crippen LogP contribution is 2.59. The van der Waals surface area contributed by atoms with Crippen molar-refractivity contribution in [3.8, 4) is 0 Å². The fraction of sp³-hybridized carbons (Fsp3) is 0.0370. The standard InChI is InChI=1S/C27H20N4O3S3/c32-26-24(18-19-8-3-1-4-9-19)36-27(29(26)20-10-5-2-6-11-20)30(21-13-15-22(16-14-21)31(33)34)28-25(37-27)23-12-7-17-35-23/h1-18,31,33H/t27-/m0/s1. The Morgan fingerprint density at radius 1 is 0.865 bits per heavy atom. The molecule has 37 heavy (non-hydrogen) atoms. The van der Waals surface area contributed by atoms with Gasteiger partial charge in [-0.3, -0.25) is 9.69 Å². The number of carbonyl (C=O) groups is 1. The molecule has 7 nitrogen and oxygen atoms in total. The van der Waals surface area contributed by atoms with Crippen molar-refractivity contribution in [2.75, 3.05) is 9.91 Å². The van der Waals surface area contributed by atoms with Gasteiger partial charge in [0.2, 0.25) is 4.33 Å². The minimum atomic E-state index is -0.996. The molecule has 1 fully saturated rings. The molecule has 1 amide bonds. The van der Waals surface area contributed by atoms with Gasteiger partial charge in [-0.05, 0) is 59.1 Å². The van der Waals surface area contributed by atoms with E-state index in [1.807, 2.05) is 89.3 Å². The highest BCUT2D eigenvalue weighted by molar-refractivity contribution is 8.28. The lowest BCUT2D eigenvalue weighted by molar-refractivity contribution is -0.991. The molecule has 0 radical (unpaired) electrons. The predicted octanol–water partition coefficient (Wildman–Crippen LogP) is 5.50. The van der Waals surface area contributed by atoms with Crippen LogP contribution in [0.5, 0.6) is 0 Å². The maximum absolute atomic E-state index is 14.1. The summed E-state index contributed by atoms with van der Waals surface area (Å²) in [5.74, 6) is -0.123. The van der Waals surface area contributed by atoms with Crippen molar-refractivity contribution in [1.29, 1.82) is 0 Å². The quantitative estimate of drug-likeness (QED) is 0.255. The van der Waals surface area contributed by atoms with E-state index in [-0.39, 0.29) is 11.6 Å². The minimum absolute atomic E-state index is 0.123. The van der Waals surface area contributed by atoms with Gasteiger partial charge in [-0.2, -0.15) is 10.3 Å². The number of nitrogens with one attached hydrogen (secondary N) is 1. The molecular weight excluding hydrogens is 525 g/mol. The summed E-state index contributed by atoms with van der Waals surface area (Å²) in [7, 11) is 0. The molecule has 2 N–H and O–H groups in total. The third-order valence-corrected chi connectivity index (χ3v) is 9.59. The number of thioether (sulfide) groups is 2. The van der Waals surface area contributed by atoms with E-state index < -0.39 is 9.55 Å². The van der Waals surface area contributed by atoms with E-state index in [1.165, 1.54) is 23.5 Å². The van der Waals surface area contributed by atoms with Crippen molar-refractivity contribution in [2.24, 2.45) is 5.10 Å². The third-order valence-electron chi connectivity index (χ3n) is 5.83. The number of hydrazone groups is 1. The molecule has 10 heteroatoms. The molecule has 0 bridgehead atoms. The molecule has 4 aromatic rings. The Hall–Kier alpha value is -3.38. The number of thiophene rings is 1. The van der Waals surface area contributed by atoms with Crippen LogP contribution in [-0.4, -0.2) is 20.5 Å².